The molecule has 0 atom stereocenters. The fourth-order valence-corrected chi connectivity index (χ4v) is 2.40. The molecule has 1 aliphatic rings. The van der Waals surface area contributed by atoms with E-state index in [4.69, 9.17) is 10.5 Å². The van der Waals surface area contributed by atoms with Gasteiger partial charge >= 0.3 is 0 Å². The topological polar surface area (TPSA) is 68.5 Å². The summed E-state index contributed by atoms with van der Waals surface area (Å²) in [6.45, 7) is 3.32. The minimum atomic E-state index is -0.208. The second-order valence-electron chi connectivity index (χ2n) is 4.83. The number of nitrogens with zero attached hydrogens (tertiary/aromatic N) is 2. The summed E-state index contributed by atoms with van der Waals surface area (Å²) in [4.78, 5) is 18.0. The van der Waals surface area contributed by atoms with Gasteiger partial charge in [-0.3, -0.25) is 4.79 Å². The average Bonchev–Trinajstić information content (AvgIpc) is 2.35. The van der Waals surface area contributed by atoms with Gasteiger partial charge in [-0.1, -0.05) is 13.3 Å². The first kappa shape index (κ1) is 12.8. The van der Waals surface area contributed by atoms with Crippen molar-refractivity contribution in [1.29, 1.82) is 0 Å². The van der Waals surface area contributed by atoms with Gasteiger partial charge in [0, 0.05) is 19.3 Å². The van der Waals surface area contributed by atoms with Crippen LogP contribution in [0.25, 0.3) is 0 Å². The van der Waals surface area contributed by atoms with Crippen LogP contribution >= 0.6 is 0 Å². The molecule has 1 fully saturated rings. The first-order chi connectivity index (χ1) is 8.59. The van der Waals surface area contributed by atoms with Crippen LogP contribution in [-0.4, -0.2) is 41.5 Å². The van der Waals surface area contributed by atoms with Crippen molar-refractivity contribution >= 4 is 5.91 Å². The number of hydrogen-bond acceptors (Lipinski definition) is 4. The Hall–Kier alpha value is -1.62. The van der Waals surface area contributed by atoms with E-state index in [0.29, 0.717) is 24.5 Å². The molecule has 2 rings (SSSR count). The highest BCUT2D eigenvalue weighted by Gasteiger charge is 2.41. The SMILES string of the molecule is CCCC1(N)CN(C(=O)c2cccnc2OC)C1. The van der Waals surface area contributed by atoms with Crippen molar-refractivity contribution in [3.05, 3.63) is 23.9 Å². The Kier molecular flexibility index (Phi) is 3.52. The van der Waals surface area contributed by atoms with Gasteiger partial charge in [-0.25, -0.2) is 4.98 Å². The number of rotatable bonds is 4. The number of hydrogen-bond donors (Lipinski definition) is 1. The molecule has 1 aliphatic heterocycles. The lowest BCUT2D eigenvalue weighted by molar-refractivity contribution is 0.0383. The molecule has 1 amide bonds. The van der Waals surface area contributed by atoms with Crippen molar-refractivity contribution in [2.75, 3.05) is 20.2 Å². The Balaban J connectivity index is 2.06. The highest BCUT2D eigenvalue weighted by Crippen LogP contribution is 2.26. The van der Waals surface area contributed by atoms with Crippen molar-refractivity contribution in [3.8, 4) is 5.88 Å². The molecule has 0 radical (unpaired) electrons. The van der Waals surface area contributed by atoms with E-state index in [9.17, 15) is 4.79 Å². The molecule has 1 saturated heterocycles. The zero-order valence-corrected chi connectivity index (χ0v) is 10.8. The summed E-state index contributed by atoms with van der Waals surface area (Å²) >= 11 is 0. The highest BCUT2D eigenvalue weighted by molar-refractivity contribution is 5.97. The van der Waals surface area contributed by atoms with Gasteiger partial charge in [-0.05, 0) is 18.6 Å². The van der Waals surface area contributed by atoms with Crippen molar-refractivity contribution < 1.29 is 9.53 Å². The van der Waals surface area contributed by atoms with Crippen LogP contribution in [0.2, 0.25) is 0 Å². The van der Waals surface area contributed by atoms with Crippen LogP contribution in [0.5, 0.6) is 5.88 Å². The van der Waals surface area contributed by atoms with Gasteiger partial charge in [0.15, 0.2) is 0 Å². The van der Waals surface area contributed by atoms with E-state index in [2.05, 4.69) is 11.9 Å². The molecule has 2 heterocycles. The first-order valence-electron chi connectivity index (χ1n) is 6.17. The molecule has 18 heavy (non-hydrogen) atoms. The molecule has 0 spiro atoms. The van der Waals surface area contributed by atoms with E-state index < -0.39 is 0 Å². The first-order valence-corrected chi connectivity index (χ1v) is 6.17. The van der Waals surface area contributed by atoms with Crippen molar-refractivity contribution in [2.24, 2.45) is 5.73 Å². The Bertz CT molecular complexity index is 442. The van der Waals surface area contributed by atoms with Gasteiger partial charge in [-0.15, -0.1) is 0 Å². The van der Waals surface area contributed by atoms with Crippen molar-refractivity contribution in [2.45, 2.75) is 25.3 Å². The van der Waals surface area contributed by atoms with Crippen LogP contribution < -0.4 is 10.5 Å². The van der Waals surface area contributed by atoms with Crippen LogP contribution in [-0.2, 0) is 0 Å². The number of aromatic nitrogens is 1. The number of methoxy groups -OCH3 is 1. The molecule has 2 N–H and O–H groups in total. The number of nitrogens with two attached hydrogens (primary N) is 1. The highest BCUT2D eigenvalue weighted by atomic mass is 16.5. The van der Waals surface area contributed by atoms with Crippen LogP contribution in [0.4, 0.5) is 0 Å². The number of ether oxygens (including phenoxy) is 1. The number of pyridine rings is 1. The quantitative estimate of drug-likeness (QED) is 0.865. The van der Waals surface area contributed by atoms with E-state index in [1.807, 2.05) is 0 Å². The number of amides is 1. The summed E-state index contributed by atoms with van der Waals surface area (Å²) in [5, 5.41) is 0. The lowest BCUT2D eigenvalue weighted by Gasteiger charge is -2.47. The largest absolute Gasteiger partial charge is 0.480 e. The normalized spacial score (nSPS) is 17.2. The van der Waals surface area contributed by atoms with E-state index in [0.717, 1.165) is 12.8 Å². The van der Waals surface area contributed by atoms with Gasteiger partial charge < -0.3 is 15.4 Å². The molecule has 0 aromatic carbocycles. The Morgan fingerprint density at radius 1 is 1.61 bits per heavy atom. The molecule has 5 heteroatoms. The Morgan fingerprint density at radius 3 is 2.94 bits per heavy atom. The summed E-state index contributed by atoms with van der Waals surface area (Å²) in [6, 6.07) is 3.46. The standard InChI is InChI=1S/C13H19N3O2/c1-3-6-13(14)8-16(9-13)12(17)10-5-4-7-15-11(10)18-2/h4-5,7H,3,6,8-9,14H2,1-2H3. The van der Waals surface area contributed by atoms with Gasteiger partial charge in [-0.2, -0.15) is 0 Å². The number of carbonyl (C=O) groups excluding carboxylic acids is 1. The molecule has 0 unspecified atom stereocenters. The van der Waals surface area contributed by atoms with E-state index in [1.54, 1.807) is 23.2 Å². The van der Waals surface area contributed by atoms with Gasteiger partial charge in [0.1, 0.15) is 5.56 Å². The van der Waals surface area contributed by atoms with Crippen molar-refractivity contribution in [1.82, 2.24) is 9.88 Å². The maximum atomic E-state index is 12.2. The maximum absolute atomic E-state index is 12.2. The van der Waals surface area contributed by atoms with Crippen LogP contribution in [0.1, 0.15) is 30.1 Å². The molecule has 98 valence electrons. The number of carbonyl (C=O) groups is 1. The lowest BCUT2D eigenvalue weighted by Crippen LogP contribution is -2.68. The van der Waals surface area contributed by atoms with Crippen molar-refractivity contribution in [3.63, 3.8) is 0 Å². The molecular weight excluding hydrogens is 230 g/mol. The third kappa shape index (κ3) is 2.31. The Labute approximate surface area is 107 Å². The minimum absolute atomic E-state index is 0.0582. The summed E-state index contributed by atoms with van der Waals surface area (Å²) in [5.74, 6) is 0.310. The monoisotopic (exact) mass is 249 g/mol. The van der Waals surface area contributed by atoms with E-state index in [1.165, 1.54) is 7.11 Å². The molecular formula is C13H19N3O2. The second-order valence-corrected chi connectivity index (χ2v) is 4.83. The molecule has 0 aliphatic carbocycles. The summed E-state index contributed by atoms with van der Waals surface area (Å²) in [6.07, 6.45) is 3.59. The summed E-state index contributed by atoms with van der Waals surface area (Å²) < 4.78 is 5.09. The zero-order chi connectivity index (χ0) is 13.2. The smallest absolute Gasteiger partial charge is 0.259 e. The average molecular weight is 249 g/mol. The molecule has 1 aromatic heterocycles. The second kappa shape index (κ2) is 4.94. The number of likely N-dealkylation sites (tertiary alicyclic amines) is 1. The van der Waals surface area contributed by atoms with Gasteiger partial charge in [0.2, 0.25) is 5.88 Å². The molecule has 0 saturated carbocycles. The summed E-state index contributed by atoms with van der Waals surface area (Å²) in [5.41, 5.74) is 6.44. The molecule has 1 aromatic rings. The predicted octanol–water partition coefficient (Wildman–Crippen LogP) is 1.04. The van der Waals surface area contributed by atoms with Gasteiger partial charge in [0.05, 0.1) is 12.6 Å². The fraction of sp³-hybridized carbons (Fsp3) is 0.538. The van der Waals surface area contributed by atoms with Crippen LogP contribution in [0, 0.1) is 0 Å². The predicted molar refractivity (Wildman–Crippen MR) is 68.5 cm³/mol. The minimum Gasteiger partial charge on any atom is -0.480 e. The fourth-order valence-electron chi connectivity index (χ4n) is 2.40. The molecule has 5 nitrogen and oxygen atoms in total. The Morgan fingerprint density at radius 2 is 2.33 bits per heavy atom. The van der Waals surface area contributed by atoms with Gasteiger partial charge in [0.25, 0.3) is 5.91 Å². The maximum Gasteiger partial charge on any atom is 0.259 e. The van der Waals surface area contributed by atoms with E-state index in [-0.39, 0.29) is 11.4 Å². The third-order valence-corrected chi connectivity index (χ3v) is 3.24. The van der Waals surface area contributed by atoms with Crippen LogP contribution in [0.3, 0.4) is 0 Å². The zero-order valence-electron chi connectivity index (χ0n) is 10.8. The van der Waals surface area contributed by atoms with E-state index >= 15 is 0 Å². The third-order valence-electron chi connectivity index (χ3n) is 3.24. The summed E-state index contributed by atoms with van der Waals surface area (Å²) in [7, 11) is 1.51. The lowest BCUT2D eigenvalue weighted by atomic mass is 9.86. The van der Waals surface area contributed by atoms with Crippen LogP contribution in [0.15, 0.2) is 18.3 Å². The molecule has 0 bridgehead atoms.